The molecule has 6 heteroatoms. The predicted octanol–water partition coefficient (Wildman–Crippen LogP) is -0.506. The van der Waals surface area contributed by atoms with E-state index in [0.29, 0.717) is 5.56 Å². The first-order chi connectivity index (χ1) is 8.40. The molecule has 6 nitrogen and oxygen atoms in total. The highest BCUT2D eigenvalue weighted by Gasteiger charge is 2.24. The highest BCUT2D eigenvalue weighted by molar-refractivity contribution is 6.07. The SMILES string of the molecule is CC(=O)NC(C(N)=O)C(=O)Cc1ccc(O)cc1. The maximum atomic E-state index is 11.8. The monoisotopic (exact) mass is 250 g/mol. The van der Waals surface area contributed by atoms with Crippen LogP contribution in [0.5, 0.6) is 5.75 Å². The van der Waals surface area contributed by atoms with Crippen LogP contribution in [0.25, 0.3) is 0 Å². The topological polar surface area (TPSA) is 109 Å². The molecule has 0 fully saturated rings. The molecule has 0 heterocycles. The van der Waals surface area contributed by atoms with E-state index < -0.39 is 23.6 Å². The van der Waals surface area contributed by atoms with Gasteiger partial charge in [0.05, 0.1) is 0 Å². The number of carbonyl (C=O) groups is 3. The van der Waals surface area contributed by atoms with Gasteiger partial charge in [0.25, 0.3) is 0 Å². The summed E-state index contributed by atoms with van der Waals surface area (Å²) in [5, 5.41) is 11.3. The fourth-order valence-corrected chi connectivity index (χ4v) is 1.43. The molecule has 1 aromatic rings. The second kappa shape index (κ2) is 5.81. The molecule has 0 aromatic heterocycles. The number of benzene rings is 1. The summed E-state index contributed by atoms with van der Waals surface area (Å²) < 4.78 is 0. The number of primary amides is 1. The van der Waals surface area contributed by atoms with Crippen molar-refractivity contribution < 1.29 is 19.5 Å². The summed E-state index contributed by atoms with van der Waals surface area (Å²) in [6.45, 7) is 1.20. The van der Waals surface area contributed by atoms with Gasteiger partial charge < -0.3 is 16.2 Å². The summed E-state index contributed by atoms with van der Waals surface area (Å²) in [4.78, 5) is 33.7. The summed E-state index contributed by atoms with van der Waals surface area (Å²) in [6, 6.07) is 4.65. The van der Waals surface area contributed by atoms with Crippen molar-refractivity contribution in [1.29, 1.82) is 0 Å². The van der Waals surface area contributed by atoms with E-state index in [1.807, 2.05) is 0 Å². The van der Waals surface area contributed by atoms with Crippen LogP contribution in [0.15, 0.2) is 24.3 Å². The molecule has 96 valence electrons. The minimum absolute atomic E-state index is 0.0475. The van der Waals surface area contributed by atoms with Crippen molar-refractivity contribution in [2.75, 3.05) is 0 Å². The molecule has 0 saturated carbocycles. The van der Waals surface area contributed by atoms with Gasteiger partial charge >= 0.3 is 0 Å². The second-order valence-corrected chi connectivity index (χ2v) is 3.85. The fraction of sp³-hybridized carbons (Fsp3) is 0.250. The van der Waals surface area contributed by atoms with Crippen LogP contribution in [-0.4, -0.2) is 28.7 Å². The highest BCUT2D eigenvalue weighted by atomic mass is 16.3. The lowest BCUT2D eigenvalue weighted by Crippen LogP contribution is -2.49. The Morgan fingerprint density at radius 3 is 2.28 bits per heavy atom. The number of aromatic hydroxyl groups is 1. The Balaban J connectivity index is 2.75. The zero-order valence-corrected chi connectivity index (χ0v) is 9.84. The van der Waals surface area contributed by atoms with Gasteiger partial charge in [0.2, 0.25) is 11.8 Å². The highest BCUT2D eigenvalue weighted by Crippen LogP contribution is 2.10. The molecule has 0 radical (unpaired) electrons. The third-order valence-corrected chi connectivity index (χ3v) is 2.27. The van der Waals surface area contributed by atoms with E-state index in [-0.39, 0.29) is 12.2 Å². The summed E-state index contributed by atoms with van der Waals surface area (Å²) >= 11 is 0. The second-order valence-electron chi connectivity index (χ2n) is 3.85. The largest absolute Gasteiger partial charge is 0.508 e. The number of hydrogen-bond donors (Lipinski definition) is 3. The quantitative estimate of drug-likeness (QED) is 0.611. The van der Waals surface area contributed by atoms with Crippen molar-refractivity contribution in [2.24, 2.45) is 5.73 Å². The van der Waals surface area contributed by atoms with Gasteiger partial charge in [-0.15, -0.1) is 0 Å². The van der Waals surface area contributed by atoms with Gasteiger partial charge in [-0.2, -0.15) is 0 Å². The summed E-state index contributed by atoms with van der Waals surface area (Å²) in [7, 11) is 0. The number of nitrogens with two attached hydrogens (primary N) is 1. The van der Waals surface area contributed by atoms with Crippen LogP contribution in [0.2, 0.25) is 0 Å². The molecule has 4 N–H and O–H groups in total. The number of carbonyl (C=O) groups excluding carboxylic acids is 3. The van der Waals surface area contributed by atoms with E-state index >= 15 is 0 Å². The summed E-state index contributed by atoms with van der Waals surface area (Å²) in [5.74, 6) is -1.81. The first-order valence-corrected chi connectivity index (χ1v) is 5.27. The minimum atomic E-state index is -1.32. The lowest BCUT2D eigenvalue weighted by Gasteiger charge is -2.12. The Bertz CT molecular complexity index is 467. The summed E-state index contributed by atoms with van der Waals surface area (Å²) in [5.41, 5.74) is 5.67. The smallest absolute Gasteiger partial charge is 0.247 e. The fourth-order valence-electron chi connectivity index (χ4n) is 1.43. The normalized spacial score (nSPS) is 11.6. The van der Waals surface area contributed by atoms with Gasteiger partial charge in [-0.25, -0.2) is 0 Å². The summed E-state index contributed by atoms with van der Waals surface area (Å²) in [6.07, 6.45) is -0.0475. The van der Waals surface area contributed by atoms with Gasteiger partial charge in [0.15, 0.2) is 11.8 Å². The van der Waals surface area contributed by atoms with Crippen molar-refractivity contribution >= 4 is 17.6 Å². The van der Waals surface area contributed by atoms with Gasteiger partial charge in [0.1, 0.15) is 5.75 Å². The molecule has 1 unspecified atom stereocenters. The predicted molar refractivity (Wildman–Crippen MR) is 63.6 cm³/mol. The maximum Gasteiger partial charge on any atom is 0.247 e. The number of phenols is 1. The zero-order valence-electron chi connectivity index (χ0n) is 9.84. The molecule has 1 atom stereocenters. The van der Waals surface area contributed by atoms with E-state index in [4.69, 9.17) is 10.8 Å². The van der Waals surface area contributed by atoms with E-state index in [1.165, 1.54) is 19.1 Å². The lowest BCUT2D eigenvalue weighted by atomic mass is 10.0. The van der Waals surface area contributed by atoms with Gasteiger partial charge in [0, 0.05) is 13.3 Å². The van der Waals surface area contributed by atoms with Crippen LogP contribution < -0.4 is 11.1 Å². The Morgan fingerprint density at radius 2 is 1.83 bits per heavy atom. The zero-order chi connectivity index (χ0) is 13.7. The third kappa shape index (κ3) is 3.89. The van der Waals surface area contributed by atoms with Gasteiger partial charge in [-0.3, -0.25) is 14.4 Å². The van der Waals surface area contributed by atoms with Crippen molar-refractivity contribution in [3.8, 4) is 5.75 Å². The lowest BCUT2D eigenvalue weighted by molar-refractivity contribution is -0.133. The number of Topliss-reactive ketones (excluding diaryl/α,β-unsaturated/α-hetero) is 1. The first kappa shape index (κ1) is 13.7. The van der Waals surface area contributed by atoms with Crippen LogP contribution in [0.3, 0.4) is 0 Å². The third-order valence-electron chi connectivity index (χ3n) is 2.27. The van der Waals surface area contributed by atoms with Crippen LogP contribution in [0.4, 0.5) is 0 Å². The average Bonchev–Trinajstić information content (AvgIpc) is 2.28. The van der Waals surface area contributed by atoms with Gasteiger partial charge in [-0.05, 0) is 17.7 Å². The van der Waals surface area contributed by atoms with Crippen LogP contribution in [0, 0.1) is 0 Å². The van der Waals surface area contributed by atoms with Crippen LogP contribution in [0.1, 0.15) is 12.5 Å². The maximum absolute atomic E-state index is 11.8. The minimum Gasteiger partial charge on any atom is -0.508 e. The van der Waals surface area contributed by atoms with E-state index in [0.717, 1.165) is 0 Å². The first-order valence-electron chi connectivity index (χ1n) is 5.27. The Labute approximate surface area is 104 Å². The molecule has 0 aliphatic heterocycles. The van der Waals surface area contributed by atoms with E-state index in [9.17, 15) is 14.4 Å². The molecular weight excluding hydrogens is 236 g/mol. The van der Waals surface area contributed by atoms with Crippen LogP contribution in [-0.2, 0) is 20.8 Å². The number of phenolic OH excluding ortho intramolecular Hbond substituents is 1. The molecule has 1 rings (SSSR count). The molecular formula is C12H14N2O4. The van der Waals surface area contributed by atoms with Crippen molar-refractivity contribution in [3.05, 3.63) is 29.8 Å². The molecule has 18 heavy (non-hydrogen) atoms. The molecule has 1 aromatic carbocycles. The Morgan fingerprint density at radius 1 is 1.28 bits per heavy atom. The molecule has 0 saturated heterocycles. The van der Waals surface area contributed by atoms with Crippen molar-refractivity contribution in [3.63, 3.8) is 0 Å². The molecule has 0 aliphatic carbocycles. The molecule has 0 aliphatic rings. The Kier molecular flexibility index (Phi) is 4.42. The van der Waals surface area contributed by atoms with Crippen molar-refractivity contribution in [1.82, 2.24) is 5.32 Å². The van der Waals surface area contributed by atoms with Gasteiger partial charge in [-0.1, -0.05) is 12.1 Å². The van der Waals surface area contributed by atoms with Crippen molar-refractivity contribution in [2.45, 2.75) is 19.4 Å². The standard InChI is InChI=1S/C12H14N2O4/c1-7(15)14-11(12(13)18)10(17)6-8-2-4-9(16)5-3-8/h2-5,11,16H,6H2,1H3,(H2,13,18)(H,14,15). The van der Waals surface area contributed by atoms with Crippen LogP contribution >= 0.6 is 0 Å². The Hall–Kier alpha value is -2.37. The molecule has 0 spiro atoms. The molecule has 2 amide bonds. The van der Waals surface area contributed by atoms with E-state index in [1.54, 1.807) is 12.1 Å². The number of rotatable bonds is 5. The van der Waals surface area contributed by atoms with E-state index in [2.05, 4.69) is 5.32 Å². The number of amides is 2. The number of hydrogen-bond acceptors (Lipinski definition) is 4. The number of nitrogens with one attached hydrogen (secondary N) is 1. The molecule has 0 bridgehead atoms. The number of ketones is 1. The average molecular weight is 250 g/mol.